The van der Waals surface area contributed by atoms with Crippen LogP contribution in [0.4, 0.5) is 0 Å². The van der Waals surface area contributed by atoms with Gasteiger partial charge in [-0.15, -0.1) is 0 Å². The lowest BCUT2D eigenvalue weighted by molar-refractivity contribution is -0.136. The van der Waals surface area contributed by atoms with Crippen LogP contribution in [0.25, 0.3) is 0 Å². The Kier molecular flexibility index (Phi) is 4.71. The van der Waals surface area contributed by atoms with Crippen LogP contribution >= 0.6 is 0 Å². The minimum Gasteiger partial charge on any atom is -0.353 e. The Morgan fingerprint density at radius 2 is 1.95 bits per heavy atom. The number of sulfonamides is 1. The van der Waals surface area contributed by atoms with E-state index in [1.54, 1.807) is 6.92 Å². The van der Waals surface area contributed by atoms with Gasteiger partial charge in [0.05, 0.1) is 11.2 Å². The maximum absolute atomic E-state index is 12.3. The van der Waals surface area contributed by atoms with E-state index in [4.69, 9.17) is 5.73 Å². The molecule has 20 heavy (non-hydrogen) atoms. The summed E-state index contributed by atoms with van der Waals surface area (Å²) in [4.78, 5) is 12.3. The lowest BCUT2D eigenvalue weighted by Crippen LogP contribution is -2.55. The normalized spacial score (nSPS) is 24.1. The molecule has 0 aromatic rings. The zero-order valence-electron chi connectivity index (χ0n) is 12.1. The molecule has 0 bridgehead atoms. The molecule has 6 nitrogen and oxygen atoms in total. The molecule has 0 radical (unpaired) electrons. The van der Waals surface area contributed by atoms with Gasteiger partial charge in [-0.3, -0.25) is 4.79 Å². The Bertz CT molecular complexity index is 446. The molecule has 0 unspecified atom stereocenters. The highest BCUT2D eigenvalue weighted by atomic mass is 32.2. The molecule has 0 aromatic heterocycles. The largest absolute Gasteiger partial charge is 0.353 e. The summed E-state index contributed by atoms with van der Waals surface area (Å²) in [6.07, 6.45) is 4.19. The zero-order chi connectivity index (χ0) is 14.8. The molecule has 0 spiro atoms. The van der Waals surface area contributed by atoms with Crippen molar-refractivity contribution in [3.63, 3.8) is 0 Å². The first-order chi connectivity index (χ1) is 9.43. The maximum Gasteiger partial charge on any atom is 0.227 e. The van der Waals surface area contributed by atoms with Gasteiger partial charge in [-0.1, -0.05) is 6.42 Å². The summed E-state index contributed by atoms with van der Waals surface area (Å²) in [6, 6.07) is 0.0785. The molecule has 1 amide bonds. The number of nitrogens with two attached hydrogens (primary N) is 1. The third-order valence-corrected chi connectivity index (χ3v) is 6.61. The van der Waals surface area contributed by atoms with Gasteiger partial charge in [0, 0.05) is 25.7 Å². The minimum atomic E-state index is -3.10. The van der Waals surface area contributed by atoms with Crippen molar-refractivity contribution in [3.8, 4) is 0 Å². The average molecular weight is 303 g/mol. The van der Waals surface area contributed by atoms with Gasteiger partial charge < -0.3 is 11.1 Å². The summed E-state index contributed by atoms with van der Waals surface area (Å²) in [5.74, 6) is 0.198. The van der Waals surface area contributed by atoms with Gasteiger partial charge in [-0.05, 0) is 32.6 Å². The number of carbonyl (C=O) groups excluding carboxylic acids is 1. The first-order valence-corrected chi connectivity index (χ1v) is 9.03. The number of rotatable bonds is 5. The van der Waals surface area contributed by atoms with Crippen molar-refractivity contribution < 1.29 is 13.2 Å². The fourth-order valence-corrected chi connectivity index (χ4v) is 4.06. The molecule has 0 atom stereocenters. The highest BCUT2D eigenvalue weighted by molar-refractivity contribution is 7.89. The van der Waals surface area contributed by atoms with Crippen LogP contribution in [0.15, 0.2) is 0 Å². The van der Waals surface area contributed by atoms with E-state index in [-0.39, 0.29) is 23.1 Å². The van der Waals surface area contributed by atoms with Crippen molar-refractivity contribution in [2.45, 2.75) is 45.1 Å². The second kappa shape index (κ2) is 5.99. The molecule has 7 heteroatoms. The monoisotopic (exact) mass is 303 g/mol. The first kappa shape index (κ1) is 15.7. The molecule has 2 aliphatic rings. The van der Waals surface area contributed by atoms with E-state index < -0.39 is 10.0 Å². The fraction of sp³-hybridized carbons (Fsp3) is 0.923. The number of piperidine rings is 1. The van der Waals surface area contributed by atoms with E-state index in [9.17, 15) is 13.2 Å². The molecule has 1 saturated carbocycles. The number of nitrogens with zero attached hydrogens (tertiary/aromatic N) is 1. The van der Waals surface area contributed by atoms with Crippen LogP contribution < -0.4 is 11.1 Å². The third kappa shape index (κ3) is 2.99. The van der Waals surface area contributed by atoms with Crippen molar-refractivity contribution in [3.05, 3.63) is 0 Å². The van der Waals surface area contributed by atoms with Crippen molar-refractivity contribution >= 4 is 15.9 Å². The Morgan fingerprint density at radius 3 is 2.35 bits per heavy atom. The molecule has 116 valence electrons. The van der Waals surface area contributed by atoms with E-state index in [2.05, 4.69) is 5.32 Å². The summed E-state index contributed by atoms with van der Waals surface area (Å²) in [5, 5.41) is 3.06. The van der Waals surface area contributed by atoms with Gasteiger partial charge >= 0.3 is 0 Å². The molecule has 3 N–H and O–H groups in total. The van der Waals surface area contributed by atoms with Crippen LogP contribution in [0, 0.1) is 5.41 Å². The lowest BCUT2D eigenvalue weighted by atomic mass is 9.68. The average Bonchev–Trinajstić information content (AvgIpc) is 2.39. The molecular formula is C13H25N3O3S. The van der Waals surface area contributed by atoms with Crippen molar-refractivity contribution in [2.24, 2.45) is 11.1 Å². The van der Waals surface area contributed by atoms with Crippen LogP contribution in [0.5, 0.6) is 0 Å². The second-order valence-corrected chi connectivity index (χ2v) is 8.14. The summed E-state index contributed by atoms with van der Waals surface area (Å²) < 4.78 is 25.1. The van der Waals surface area contributed by atoms with E-state index in [0.29, 0.717) is 32.5 Å². The molecule has 1 heterocycles. The highest BCUT2D eigenvalue weighted by Crippen LogP contribution is 2.40. The molecular weight excluding hydrogens is 278 g/mol. The van der Waals surface area contributed by atoms with Crippen molar-refractivity contribution in [2.75, 3.05) is 25.4 Å². The Hall–Kier alpha value is -0.660. The molecule has 2 fully saturated rings. The highest BCUT2D eigenvalue weighted by Gasteiger charge is 2.43. The van der Waals surface area contributed by atoms with Gasteiger partial charge in [0.15, 0.2) is 0 Å². The molecule has 2 rings (SSSR count). The Labute approximate surface area is 121 Å². The first-order valence-electron chi connectivity index (χ1n) is 7.42. The maximum atomic E-state index is 12.3. The second-order valence-electron chi connectivity index (χ2n) is 5.89. The SMILES string of the molecule is CCS(=O)(=O)N1CCC(NC(=O)C2(CN)CCC2)CC1. The Morgan fingerprint density at radius 1 is 1.35 bits per heavy atom. The summed E-state index contributed by atoms with van der Waals surface area (Å²) >= 11 is 0. The van der Waals surface area contributed by atoms with Crippen LogP contribution in [-0.4, -0.2) is 50.1 Å². The van der Waals surface area contributed by atoms with Crippen LogP contribution in [0.1, 0.15) is 39.0 Å². The molecule has 1 aliphatic carbocycles. The van der Waals surface area contributed by atoms with E-state index >= 15 is 0 Å². The van der Waals surface area contributed by atoms with Gasteiger partial charge in [-0.25, -0.2) is 12.7 Å². The smallest absolute Gasteiger partial charge is 0.227 e. The van der Waals surface area contributed by atoms with Gasteiger partial charge in [0.1, 0.15) is 0 Å². The van der Waals surface area contributed by atoms with E-state index in [1.165, 1.54) is 4.31 Å². The van der Waals surface area contributed by atoms with Crippen LogP contribution in [0.2, 0.25) is 0 Å². The predicted molar refractivity (Wildman–Crippen MR) is 77.5 cm³/mol. The predicted octanol–water partition coefficient (Wildman–Crippen LogP) is 0.0457. The van der Waals surface area contributed by atoms with Crippen LogP contribution in [-0.2, 0) is 14.8 Å². The number of amides is 1. The zero-order valence-corrected chi connectivity index (χ0v) is 12.9. The summed E-state index contributed by atoms with van der Waals surface area (Å²) in [5.41, 5.74) is 5.37. The summed E-state index contributed by atoms with van der Waals surface area (Å²) in [7, 11) is -3.10. The van der Waals surface area contributed by atoms with Gasteiger partial charge in [0.2, 0.25) is 15.9 Å². The molecule has 0 aromatic carbocycles. The van der Waals surface area contributed by atoms with Crippen molar-refractivity contribution in [1.82, 2.24) is 9.62 Å². The van der Waals surface area contributed by atoms with E-state index in [1.807, 2.05) is 0 Å². The van der Waals surface area contributed by atoms with Gasteiger partial charge in [0.25, 0.3) is 0 Å². The quantitative estimate of drug-likeness (QED) is 0.750. The summed E-state index contributed by atoms with van der Waals surface area (Å²) in [6.45, 7) is 3.06. The number of carbonyl (C=O) groups is 1. The number of nitrogens with one attached hydrogen (secondary N) is 1. The lowest BCUT2D eigenvalue weighted by Gasteiger charge is -2.41. The molecule has 1 aliphatic heterocycles. The topological polar surface area (TPSA) is 92.5 Å². The van der Waals surface area contributed by atoms with Crippen molar-refractivity contribution in [1.29, 1.82) is 0 Å². The fourth-order valence-electron chi connectivity index (χ4n) is 2.93. The minimum absolute atomic E-state index is 0.0584. The standard InChI is InChI=1S/C13H25N3O3S/c1-2-20(18,19)16-8-4-11(5-9-16)15-12(17)13(10-14)6-3-7-13/h11H,2-10,14H2,1H3,(H,15,17). The number of hydrogen-bond acceptors (Lipinski definition) is 4. The third-order valence-electron chi connectivity index (χ3n) is 4.73. The van der Waals surface area contributed by atoms with Crippen LogP contribution in [0.3, 0.4) is 0 Å². The van der Waals surface area contributed by atoms with Gasteiger partial charge in [-0.2, -0.15) is 0 Å². The number of hydrogen-bond donors (Lipinski definition) is 2. The van der Waals surface area contributed by atoms with E-state index in [0.717, 1.165) is 19.3 Å². The molecule has 1 saturated heterocycles. The Balaban J connectivity index is 1.84.